The third-order valence-corrected chi connectivity index (χ3v) is 5.20. The summed E-state index contributed by atoms with van der Waals surface area (Å²) >= 11 is 0. The van der Waals surface area contributed by atoms with E-state index in [4.69, 9.17) is 9.47 Å². The normalized spacial score (nSPS) is 12.8. The third-order valence-electron chi connectivity index (χ3n) is 5.20. The Morgan fingerprint density at radius 1 is 0.897 bits per heavy atom. The van der Waals surface area contributed by atoms with Gasteiger partial charge in [0.2, 0.25) is 0 Å². The molecule has 0 aromatic heterocycles. The van der Waals surface area contributed by atoms with Crippen molar-refractivity contribution in [1.29, 1.82) is 0 Å². The van der Waals surface area contributed by atoms with Crippen LogP contribution in [0.3, 0.4) is 0 Å². The molecule has 164 valence electrons. The summed E-state index contributed by atoms with van der Waals surface area (Å²) in [4.78, 5) is 24.6. The van der Waals surface area contributed by atoms with Gasteiger partial charge in [0.15, 0.2) is 0 Å². The van der Waals surface area contributed by atoms with E-state index in [2.05, 4.69) is 12.2 Å². The molecule has 0 radical (unpaired) electrons. The Balaban J connectivity index is 2.29. The highest BCUT2D eigenvalue weighted by Crippen LogP contribution is 2.12. The topological polar surface area (TPSA) is 64.6 Å². The first kappa shape index (κ1) is 25.0. The Morgan fingerprint density at radius 2 is 1.52 bits per heavy atom. The molecule has 2 unspecified atom stereocenters. The fourth-order valence-electron chi connectivity index (χ4n) is 3.06. The van der Waals surface area contributed by atoms with Crippen LogP contribution in [0.4, 0.5) is 4.79 Å². The molecule has 0 bridgehead atoms. The van der Waals surface area contributed by atoms with Crippen LogP contribution in [0.5, 0.6) is 0 Å². The minimum atomic E-state index is -0.683. The molecule has 0 aliphatic heterocycles. The Morgan fingerprint density at radius 3 is 2.14 bits per heavy atom. The molecule has 5 nitrogen and oxygen atoms in total. The van der Waals surface area contributed by atoms with E-state index in [0.717, 1.165) is 24.8 Å². The molecule has 0 heterocycles. The summed E-state index contributed by atoms with van der Waals surface area (Å²) in [6.45, 7) is 6.72. The van der Waals surface area contributed by atoms with Crippen LogP contribution in [0.15, 0.2) is 30.3 Å². The van der Waals surface area contributed by atoms with Gasteiger partial charge in [-0.15, -0.1) is 0 Å². The molecule has 1 aromatic rings. The fraction of sp³-hybridized carbons (Fsp3) is 0.667. The molecule has 0 fully saturated rings. The maximum Gasteiger partial charge on any atom is 0.408 e. The lowest BCUT2D eigenvalue weighted by molar-refractivity contribution is -0.147. The predicted molar refractivity (Wildman–Crippen MR) is 117 cm³/mol. The van der Waals surface area contributed by atoms with E-state index in [-0.39, 0.29) is 18.5 Å². The lowest BCUT2D eigenvalue weighted by atomic mass is 9.99. The monoisotopic (exact) mass is 405 g/mol. The van der Waals surface area contributed by atoms with Gasteiger partial charge in [0, 0.05) is 0 Å². The highest BCUT2D eigenvalue weighted by Gasteiger charge is 2.27. The van der Waals surface area contributed by atoms with Crippen molar-refractivity contribution in [1.82, 2.24) is 5.32 Å². The molecule has 1 amide bonds. The Bertz CT molecular complexity index is 561. The average molecular weight is 406 g/mol. The molecule has 1 aromatic carbocycles. The van der Waals surface area contributed by atoms with Gasteiger partial charge in [0.25, 0.3) is 0 Å². The summed E-state index contributed by atoms with van der Waals surface area (Å²) < 4.78 is 10.7. The van der Waals surface area contributed by atoms with E-state index in [1.54, 1.807) is 0 Å². The van der Waals surface area contributed by atoms with Gasteiger partial charge in [-0.2, -0.15) is 0 Å². The number of hydrogen-bond donors (Lipinski definition) is 1. The van der Waals surface area contributed by atoms with Crippen molar-refractivity contribution in [2.75, 3.05) is 6.61 Å². The summed E-state index contributed by atoms with van der Waals surface area (Å²) in [5, 5.41) is 2.68. The van der Waals surface area contributed by atoms with Crippen LogP contribution in [0.25, 0.3) is 0 Å². The van der Waals surface area contributed by atoms with Crippen molar-refractivity contribution >= 4 is 12.1 Å². The molecule has 29 heavy (non-hydrogen) atoms. The molecule has 0 spiro atoms. The second kappa shape index (κ2) is 15.8. The third kappa shape index (κ3) is 11.5. The zero-order chi connectivity index (χ0) is 21.3. The number of nitrogens with one attached hydrogen (secondary N) is 1. The molecule has 1 rings (SSSR count). The number of ether oxygens (including phenoxy) is 2. The average Bonchev–Trinajstić information content (AvgIpc) is 2.75. The van der Waals surface area contributed by atoms with Crippen molar-refractivity contribution in [2.24, 2.45) is 5.92 Å². The molecule has 0 aliphatic rings. The number of alkyl carbamates (subject to hydrolysis) is 1. The highest BCUT2D eigenvalue weighted by molar-refractivity contribution is 5.81. The van der Waals surface area contributed by atoms with Gasteiger partial charge in [0.05, 0.1) is 6.61 Å². The summed E-state index contributed by atoms with van der Waals surface area (Å²) in [5.74, 6) is -0.399. The van der Waals surface area contributed by atoms with Gasteiger partial charge < -0.3 is 14.8 Å². The summed E-state index contributed by atoms with van der Waals surface area (Å²) in [6, 6.07) is 8.78. The summed E-state index contributed by atoms with van der Waals surface area (Å²) in [7, 11) is 0. The lowest BCUT2D eigenvalue weighted by Crippen LogP contribution is -2.46. The SMILES string of the molecule is CCCCCCCCCCOC(=O)C(NC(=O)OCc1ccccc1)C(C)CC. The van der Waals surface area contributed by atoms with Crippen LogP contribution < -0.4 is 5.32 Å². The Hall–Kier alpha value is -2.04. The molecule has 0 saturated carbocycles. The smallest absolute Gasteiger partial charge is 0.408 e. The van der Waals surface area contributed by atoms with Crippen LogP contribution in [0.2, 0.25) is 0 Å². The van der Waals surface area contributed by atoms with Gasteiger partial charge >= 0.3 is 12.1 Å². The molecular formula is C24H39NO4. The molecule has 0 saturated heterocycles. The Kier molecular flexibility index (Phi) is 13.6. The van der Waals surface area contributed by atoms with Crippen LogP contribution in [-0.2, 0) is 20.9 Å². The number of carbonyl (C=O) groups excluding carboxylic acids is 2. The zero-order valence-corrected chi connectivity index (χ0v) is 18.5. The van der Waals surface area contributed by atoms with Gasteiger partial charge in [-0.1, -0.05) is 102 Å². The maximum absolute atomic E-state index is 12.5. The predicted octanol–water partition coefficient (Wildman–Crippen LogP) is 6.01. The zero-order valence-electron chi connectivity index (χ0n) is 18.5. The molecule has 1 N–H and O–H groups in total. The molecule has 5 heteroatoms. The van der Waals surface area contributed by atoms with E-state index < -0.39 is 12.1 Å². The maximum atomic E-state index is 12.5. The second-order valence-electron chi connectivity index (χ2n) is 7.71. The van der Waals surface area contributed by atoms with Crippen LogP contribution in [0.1, 0.15) is 84.1 Å². The van der Waals surface area contributed by atoms with E-state index in [1.165, 1.54) is 38.5 Å². The quantitative estimate of drug-likeness (QED) is 0.287. The van der Waals surface area contributed by atoms with Gasteiger partial charge in [-0.25, -0.2) is 9.59 Å². The molecule has 2 atom stereocenters. The first-order valence-corrected chi connectivity index (χ1v) is 11.2. The standard InChI is InChI=1S/C24H39NO4/c1-4-6-7-8-9-10-11-15-18-28-23(26)22(20(3)5-2)25-24(27)29-19-21-16-13-12-14-17-21/h12-14,16-17,20,22H,4-11,15,18-19H2,1-3H3,(H,25,27). The van der Waals surface area contributed by atoms with Crippen molar-refractivity contribution in [3.05, 3.63) is 35.9 Å². The number of carbonyl (C=O) groups is 2. The van der Waals surface area contributed by atoms with E-state index >= 15 is 0 Å². The van der Waals surface area contributed by atoms with Crippen molar-refractivity contribution in [2.45, 2.75) is 91.2 Å². The largest absolute Gasteiger partial charge is 0.464 e. The minimum absolute atomic E-state index is 0.0228. The Labute approximate surface area is 176 Å². The fourth-order valence-corrected chi connectivity index (χ4v) is 3.06. The number of unbranched alkanes of at least 4 members (excludes halogenated alkanes) is 7. The number of esters is 1. The minimum Gasteiger partial charge on any atom is -0.464 e. The van der Waals surface area contributed by atoms with E-state index in [1.807, 2.05) is 44.2 Å². The second-order valence-corrected chi connectivity index (χ2v) is 7.71. The van der Waals surface area contributed by atoms with Gasteiger partial charge in [0.1, 0.15) is 12.6 Å². The number of amides is 1. The van der Waals surface area contributed by atoms with Gasteiger partial charge in [-0.3, -0.25) is 0 Å². The van der Waals surface area contributed by atoms with Gasteiger partial charge in [-0.05, 0) is 17.9 Å². The summed E-state index contributed by atoms with van der Waals surface area (Å²) in [5.41, 5.74) is 0.903. The van der Waals surface area contributed by atoms with E-state index in [0.29, 0.717) is 6.61 Å². The lowest BCUT2D eigenvalue weighted by Gasteiger charge is -2.22. The van der Waals surface area contributed by atoms with Crippen LogP contribution in [0, 0.1) is 5.92 Å². The highest BCUT2D eigenvalue weighted by atomic mass is 16.6. The van der Waals surface area contributed by atoms with E-state index in [9.17, 15) is 9.59 Å². The first-order chi connectivity index (χ1) is 14.1. The number of hydrogen-bond acceptors (Lipinski definition) is 4. The molecular weight excluding hydrogens is 366 g/mol. The summed E-state index contributed by atoms with van der Waals surface area (Å²) in [6.07, 6.45) is 9.71. The van der Waals surface area contributed by atoms with Crippen LogP contribution >= 0.6 is 0 Å². The van der Waals surface area contributed by atoms with Crippen molar-refractivity contribution in [3.8, 4) is 0 Å². The van der Waals surface area contributed by atoms with Crippen LogP contribution in [-0.4, -0.2) is 24.7 Å². The number of benzene rings is 1. The van der Waals surface area contributed by atoms with Crippen molar-refractivity contribution in [3.63, 3.8) is 0 Å². The van der Waals surface area contributed by atoms with Crippen molar-refractivity contribution < 1.29 is 19.1 Å². The molecule has 0 aliphatic carbocycles. The first-order valence-electron chi connectivity index (χ1n) is 11.2. The number of rotatable bonds is 15.